The average Bonchev–Trinajstić information content (AvgIpc) is 1.90. The molecule has 0 saturated carbocycles. The summed E-state index contributed by atoms with van der Waals surface area (Å²) in [5.74, 6) is 0.833. The molecule has 0 N–H and O–H groups in total. The van der Waals surface area contributed by atoms with E-state index in [1.54, 1.807) is 0 Å². The van der Waals surface area contributed by atoms with Crippen LogP contribution in [0.25, 0.3) is 0 Å². The van der Waals surface area contributed by atoms with Gasteiger partial charge in [-0.2, -0.15) is 0 Å². The van der Waals surface area contributed by atoms with Gasteiger partial charge >= 0.3 is 19.5 Å². The third-order valence-electron chi connectivity index (χ3n) is 0.667. The maximum atomic E-state index is 2.17. The maximum absolute atomic E-state index is 2.17. The van der Waals surface area contributed by atoms with Crippen LogP contribution in [0, 0.1) is 20.8 Å². The molecule has 1 rings (SSSR count). The molecule has 0 aliphatic carbocycles. The van der Waals surface area contributed by atoms with E-state index in [0.29, 0.717) is 0 Å². The molecule has 0 bridgehead atoms. The normalized spacial score (nSPS) is 6.46. The third kappa shape index (κ3) is 33.6. The first-order valence-corrected chi connectivity index (χ1v) is 3.73. The molecule has 0 aliphatic rings. The number of hydrogen-bond donors (Lipinski definition) is 0. The third-order valence-corrected chi connectivity index (χ3v) is 0.667. The quantitative estimate of drug-likeness (QED) is 0.487. The maximum Gasteiger partial charge on any atom is 2.00 e. The fourth-order valence-electron chi connectivity index (χ4n) is 0.385. The monoisotopic (exact) mass is 268 g/mol. The fraction of sp³-hybridized carbons (Fsp3) is 0.333. The van der Waals surface area contributed by atoms with Gasteiger partial charge in [0.25, 0.3) is 0 Å². The van der Waals surface area contributed by atoms with Crippen LogP contribution < -0.4 is 0 Å². The molecule has 0 heterocycles. The summed E-state index contributed by atoms with van der Waals surface area (Å²) in [6.07, 6.45) is 0. The Labute approximate surface area is 97.5 Å². The van der Waals surface area contributed by atoms with Crippen LogP contribution in [0.5, 0.6) is 0 Å². The van der Waals surface area contributed by atoms with Crippen LogP contribution in [0.2, 0.25) is 0 Å². The van der Waals surface area contributed by atoms with E-state index < -0.39 is 0 Å². The first-order valence-electron chi connectivity index (χ1n) is 3.73. The molecule has 0 nitrogen and oxygen atoms in total. The van der Waals surface area contributed by atoms with Crippen LogP contribution >= 0.6 is 0 Å². The van der Waals surface area contributed by atoms with Gasteiger partial charge in [0.2, 0.25) is 0 Å². The van der Waals surface area contributed by atoms with Gasteiger partial charge in [0.15, 0.2) is 0 Å². The molecule has 1 aromatic carbocycles. The minimum atomic E-state index is 0. The largest absolute Gasteiger partial charge is 2.00 e. The topological polar surface area (TPSA) is 0 Å². The van der Waals surface area contributed by atoms with E-state index in [2.05, 4.69) is 20.8 Å². The predicted octanol–water partition coefficient (Wildman–Crippen LogP) is 4.25. The number of benzene rings is 1. The molecular weight excluding hydrogens is 245 g/mol. The van der Waals surface area contributed by atoms with E-state index in [0.717, 1.165) is 5.92 Å². The number of hydrogen-bond acceptors (Lipinski definition) is 0. The molecule has 0 spiro atoms. The van der Waals surface area contributed by atoms with Gasteiger partial charge < -0.3 is 14.9 Å². The van der Waals surface area contributed by atoms with Gasteiger partial charge in [-0.25, -0.2) is 0 Å². The summed E-state index contributed by atoms with van der Waals surface area (Å²) in [5.41, 5.74) is 0. The minimum absolute atomic E-state index is 0. The fourth-order valence-corrected chi connectivity index (χ4v) is 0.385. The Morgan fingerprint density at radius 2 is 0.692 bits per heavy atom. The molecule has 0 amide bonds. The van der Waals surface area contributed by atoms with Gasteiger partial charge in [0, 0.05) is 0 Å². The zero-order chi connectivity index (χ0) is 7.82. The second-order valence-electron chi connectivity index (χ2n) is 2.89. The van der Waals surface area contributed by atoms with Crippen molar-refractivity contribution in [3.05, 3.63) is 51.3 Å². The Kier molecular flexibility index (Phi) is 31.6. The van der Waals surface area contributed by atoms with Crippen LogP contribution in [0.3, 0.4) is 0 Å². The van der Waals surface area contributed by atoms with E-state index in [4.69, 9.17) is 0 Å². The van der Waals surface area contributed by atoms with E-state index in [9.17, 15) is 0 Å². The Balaban J connectivity index is -0.0000000536. The first kappa shape index (κ1) is 23.0. The van der Waals surface area contributed by atoms with E-state index in [-0.39, 0.29) is 34.3 Å². The van der Waals surface area contributed by atoms with Crippen molar-refractivity contribution in [2.45, 2.75) is 20.8 Å². The zero-order valence-electron chi connectivity index (χ0n) is 9.40. The second-order valence-corrected chi connectivity index (χ2v) is 2.89. The van der Waals surface area contributed by atoms with Crippen molar-refractivity contribution in [1.82, 2.24) is 0 Å². The van der Waals surface area contributed by atoms with Gasteiger partial charge in [0.05, 0.1) is 0 Å². The Bertz CT molecular complexity index is 106. The van der Waals surface area contributed by atoms with Crippen molar-refractivity contribution < 1.29 is 19.5 Å². The summed E-state index contributed by atoms with van der Waals surface area (Å²) in [4.78, 5) is 0. The molecular formula is C12H22Ru. The van der Waals surface area contributed by atoms with Gasteiger partial charge in [-0.1, -0.05) is 57.2 Å². The Morgan fingerprint density at radius 3 is 0.769 bits per heavy atom. The van der Waals surface area contributed by atoms with Gasteiger partial charge in [-0.3, -0.25) is 0 Å². The SMILES string of the molecule is CC(C)C.[CH3-].[CH3-].[Ru+2].c1ccccc1. The smallest absolute Gasteiger partial charge is 0.358 e. The standard InChI is InChI=1S/C6H6.C4H10.2CH3.Ru/c1-2-4-6-5-3-1;1-4(2)3;;;/h1-6H;4H,1-3H3;2*1H3;/q;;2*-1;+2. The van der Waals surface area contributed by atoms with Crippen LogP contribution in [0.4, 0.5) is 0 Å². The van der Waals surface area contributed by atoms with E-state index in [1.807, 2.05) is 36.4 Å². The molecule has 78 valence electrons. The Hall–Kier alpha value is -0.157. The first-order chi connectivity index (χ1) is 4.73. The molecule has 1 aromatic rings. The molecule has 0 unspecified atom stereocenters. The molecule has 0 atom stereocenters. The van der Waals surface area contributed by atoms with Crippen molar-refractivity contribution in [3.63, 3.8) is 0 Å². The molecule has 0 fully saturated rings. The Morgan fingerprint density at radius 1 is 0.615 bits per heavy atom. The van der Waals surface area contributed by atoms with Gasteiger partial charge in [0.1, 0.15) is 0 Å². The van der Waals surface area contributed by atoms with Gasteiger partial charge in [-0.15, -0.1) is 0 Å². The minimum Gasteiger partial charge on any atom is -0.358 e. The summed E-state index contributed by atoms with van der Waals surface area (Å²) < 4.78 is 0. The van der Waals surface area contributed by atoms with Crippen LogP contribution in [-0.2, 0) is 19.5 Å². The van der Waals surface area contributed by atoms with Crippen LogP contribution in [-0.4, -0.2) is 0 Å². The summed E-state index contributed by atoms with van der Waals surface area (Å²) in [7, 11) is 0. The predicted molar refractivity (Wildman–Crippen MR) is 59.8 cm³/mol. The molecule has 0 saturated heterocycles. The van der Waals surface area contributed by atoms with Crippen molar-refractivity contribution >= 4 is 0 Å². The van der Waals surface area contributed by atoms with Crippen molar-refractivity contribution in [3.8, 4) is 0 Å². The van der Waals surface area contributed by atoms with E-state index in [1.165, 1.54) is 0 Å². The molecule has 1 heteroatoms. The number of rotatable bonds is 0. The summed E-state index contributed by atoms with van der Waals surface area (Å²) >= 11 is 0. The molecule has 0 aromatic heterocycles. The molecule has 0 radical (unpaired) electrons. The van der Waals surface area contributed by atoms with Crippen molar-refractivity contribution in [2.75, 3.05) is 0 Å². The summed E-state index contributed by atoms with van der Waals surface area (Å²) in [6, 6.07) is 12.0. The molecule has 0 aliphatic heterocycles. The summed E-state index contributed by atoms with van der Waals surface area (Å²) in [5, 5.41) is 0. The van der Waals surface area contributed by atoms with Crippen molar-refractivity contribution in [1.29, 1.82) is 0 Å². The van der Waals surface area contributed by atoms with E-state index >= 15 is 0 Å². The van der Waals surface area contributed by atoms with Crippen LogP contribution in [0.1, 0.15) is 20.8 Å². The molecule has 13 heavy (non-hydrogen) atoms. The summed E-state index contributed by atoms with van der Waals surface area (Å²) in [6.45, 7) is 6.50. The second kappa shape index (κ2) is 17.8. The zero-order valence-corrected chi connectivity index (χ0v) is 11.1. The average molecular weight is 267 g/mol. The van der Waals surface area contributed by atoms with Crippen LogP contribution in [0.15, 0.2) is 36.4 Å². The van der Waals surface area contributed by atoms with Crippen molar-refractivity contribution in [2.24, 2.45) is 5.92 Å². The van der Waals surface area contributed by atoms with Gasteiger partial charge in [-0.05, 0) is 5.92 Å².